The first kappa shape index (κ1) is 23.4. The predicted octanol–water partition coefficient (Wildman–Crippen LogP) is 2.87. The summed E-state index contributed by atoms with van der Waals surface area (Å²) in [6.07, 6.45) is 4.39. The first-order valence-electron chi connectivity index (χ1n) is 10.2. The second-order valence-corrected chi connectivity index (χ2v) is 8.41. The zero-order valence-electron chi connectivity index (χ0n) is 18.2. The molecule has 1 saturated heterocycles. The number of hydrogen-bond acceptors (Lipinski definition) is 5. The van der Waals surface area contributed by atoms with Gasteiger partial charge in [0, 0.05) is 58.4 Å². The number of anilines is 1. The molecule has 0 aromatic heterocycles. The molecule has 1 N–H and O–H groups in total. The van der Waals surface area contributed by atoms with Crippen LogP contribution in [0.15, 0.2) is 30.7 Å². The molecular weight excluding hydrogens is 421 g/mol. The molecule has 6 nitrogen and oxygen atoms in total. The zero-order chi connectivity index (χ0) is 22.7. The molecule has 31 heavy (non-hydrogen) atoms. The number of aliphatic hydroxyl groups excluding tert-OH is 1. The number of hydrogen-bond donors (Lipinski definition) is 1. The van der Waals surface area contributed by atoms with Crippen molar-refractivity contribution < 1.29 is 19.0 Å². The summed E-state index contributed by atoms with van der Waals surface area (Å²) < 4.78 is 20.7. The van der Waals surface area contributed by atoms with Crippen molar-refractivity contribution in [2.45, 2.75) is 18.4 Å². The molecule has 1 fully saturated rings. The number of ether oxygens (including phenoxy) is 1. The number of carbonyl (C=O) groups excluding carboxylic acids is 1. The summed E-state index contributed by atoms with van der Waals surface area (Å²) in [6, 6.07) is 1.62. The molecule has 2 aliphatic rings. The summed E-state index contributed by atoms with van der Waals surface area (Å²) in [7, 11) is 5.42. The number of carbonyl (C=O) groups is 1. The van der Waals surface area contributed by atoms with Crippen molar-refractivity contribution in [2.24, 2.45) is 0 Å². The number of fused-ring (bicyclic) bond motifs is 3. The highest BCUT2D eigenvalue weighted by molar-refractivity contribution is 6.31. The van der Waals surface area contributed by atoms with Crippen LogP contribution in [-0.4, -0.2) is 80.9 Å². The highest BCUT2D eigenvalue weighted by Gasteiger charge is 2.46. The third-order valence-corrected chi connectivity index (χ3v) is 6.19. The minimum Gasteiger partial charge on any atom is -0.387 e. The number of allylic oxidation sites excluding steroid dienone is 2. The van der Waals surface area contributed by atoms with E-state index < -0.39 is 12.4 Å². The van der Waals surface area contributed by atoms with E-state index >= 15 is 4.39 Å². The minimum atomic E-state index is -0.539. The Morgan fingerprint density at radius 2 is 2.26 bits per heavy atom. The highest BCUT2D eigenvalue weighted by Crippen LogP contribution is 2.50. The maximum atomic E-state index is 15.4. The molecule has 1 aromatic carbocycles. The number of nitrogens with zero attached hydrogens (tertiary/aromatic N) is 3. The lowest BCUT2D eigenvalue weighted by Crippen LogP contribution is -2.49. The first-order valence-corrected chi connectivity index (χ1v) is 10.6. The van der Waals surface area contributed by atoms with Gasteiger partial charge in [-0.25, -0.2) is 4.39 Å². The molecule has 8 heteroatoms. The smallest absolute Gasteiger partial charge is 0.248 e. The maximum absolute atomic E-state index is 15.4. The van der Waals surface area contributed by atoms with Crippen LogP contribution in [0.5, 0.6) is 0 Å². The molecule has 2 aliphatic heterocycles. The summed E-state index contributed by atoms with van der Waals surface area (Å²) in [5, 5.41) is 9.37. The molecule has 1 amide bonds. The normalized spacial score (nSPS) is 19.9. The Bertz CT molecular complexity index is 927. The number of likely N-dealkylation sites (tertiary alicyclic amines) is 1. The number of rotatable bonds is 7. The second kappa shape index (κ2) is 9.88. The van der Waals surface area contributed by atoms with Crippen molar-refractivity contribution in [2.75, 3.05) is 59.0 Å². The molecule has 0 saturated carbocycles. The van der Waals surface area contributed by atoms with Gasteiger partial charge in [-0.2, -0.15) is 0 Å². The van der Waals surface area contributed by atoms with Gasteiger partial charge in [0.2, 0.25) is 5.91 Å². The lowest BCUT2D eigenvalue weighted by atomic mass is 9.84. The van der Waals surface area contributed by atoms with Crippen LogP contribution in [0.4, 0.5) is 10.1 Å². The summed E-state index contributed by atoms with van der Waals surface area (Å²) in [5.74, 6) is -0.918. The molecule has 0 radical (unpaired) electrons. The van der Waals surface area contributed by atoms with Gasteiger partial charge in [-0.05, 0) is 35.9 Å². The largest absolute Gasteiger partial charge is 0.387 e. The van der Waals surface area contributed by atoms with Crippen molar-refractivity contribution >= 4 is 28.8 Å². The van der Waals surface area contributed by atoms with E-state index in [9.17, 15) is 9.90 Å². The third kappa shape index (κ3) is 4.51. The van der Waals surface area contributed by atoms with Crippen LogP contribution in [0.3, 0.4) is 0 Å². The summed E-state index contributed by atoms with van der Waals surface area (Å²) in [6.45, 7) is 5.14. The molecule has 0 spiro atoms. The van der Waals surface area contributed by atoms with E-state index in [-0.39, 0.29) is 22.9 Å². The van der Waals surface area contributed by atoms with Crippen molar-refractivity contribution in [3.8, 4) is 0 Å². The molecule has 1 aromatic rings. The summed E-state index contributed by atoms with van der Waals surface area (Å²) in [5.41, 5.74) is 5.66. The van der Waals surface area contributed by atoms with Crippen molar-refractivity contribution in [3.05, 3.63) is 52.6 Å². The Morgan fingerprint density at radius 3 is 2.87 bits per heavy atom. The zero-order valence-corrected chi connectivity index (χ0v) is 19.0. The monoisotopic (exact) mass is 449 g/mol. The van der Waals surface area contributed by atoms with E-state index in [1.54, 1.807) is 18.1 Å². The van der Waals surface area contributed by atoms with Gasteiger partial charge in [0.05, 0.1) is 17.3 Å². The first-order chi connectivity index (χ1) is 14.8. The van der Waals surface area contributed by atoms with Gasteiger partial charge >= 0.3 is 0 Å². The average molecular weight is 450 g/mol. The van der Waals surface area contributed by atoms with Crippen LogP contribution >= 0.6 is 11.6 Å². The van der Waals surface area contributed by atoms with Crippen LogP contribution in [0.1, 0.15) is 23.5 Å². The summed E-state index contributed by atoms with van der Waals surface area (Å²) >= 11 is 6.33. The Labute approximate surface area is 187 Å². The Hall–Kier alpha value is -2.31. The Morgan fingerprint density at radius 1 is 1.52 bits per heavy atom. The second-order valence-electron chi connectivity index (χ2n) is 8.00. The van der Waals surface area contributed by atoms with Gasteiger partial charge in [0.25, 0.3) is 0 Å². The molecule has 2 heterocycles. The Kier molecular flexibility index (Phi) is 7.44. The molecule has 3 rings (SSSR count). The number of methoxy groups -OCH3 is 1. The van der Waals surface area contributed by atoms with E-state index in [0.29, 0.717) is 43.9 Å². The number of halogens is 2. The molecular formula is C23H29ClFN3O3. The maximum Gasteiger partial charge on any atom is 0.248 e. The van der Waals surface area contributed by atoms with Gasteiger partial charge in [-0.15, -0.1) is 5.73 Å². The lowest BCUT2D eigenvalue weighted by molar-refractivity contribution is -0.135. The molecule has 0 aliphatic carbocycles. The number of piperidine rings is 1. The number of aliphatic hydroxyl groups is 1. The molecule has 168 valence electrons. The lowest BCUT2D eigenvalue weighted by Gasteiger charge is -2.39. The molecule has 0 bridgehead atoms. The fourth-order valence-electron chi connectivity index (χ4n) is 4.53. The van der Waals surface area contributed by atoms with E-state index in [1.807, 2.05) is 36.2 Å². The van der Waals surface area contributed by atoms with Crippen LogP contribution in [-0.2, 0) is 9.53 Å². The van der Waals surface area contributed by atoms with Crippen molar-refractivity contribution in [1.82, 2.24) is 9.80 Å². The van der Waals surface area contributed by atoms with Gasteiger partial charge < -0.3 is 24.5 Å². The number of amides is 1. The van der Waals surface area contributed by atoms with Gasteiger partial charge in [0.15, 0.2) is 5.82 Å². The van der Waals surface area contributed by atoms with Crippen LogP contribution < -0.4 is 4.90 Å². The fraction of sp³-hybridized carbons (Fsp3) is 0.478. The summed E-state index contributed by atoms with van der Waals surface area (Å²) in [4.78, 5) is 17.8. The molecule has 2 atom stereocenters. The SMILES string of the molecule is C=C=C(/C=C\N(C)C)c1cc(Cl)c(F)c2c1C1CN(C(=O)CO)CCC1N2CCOC. The van der Waals surface area contributed by atoms with Crippen LogP contribution in [0.2, 0.25) is 5.02 Å². The highest BCUT2D eigenvalue weighted by atomic mass is 35.5. The van der Waals surface area contributed by atoms with Crippen LogP contribution in [0, 0.1) is 5.82 Å². The average Bonchev–Trinajstić information content (AvgIpc) is 3.08. The van der Waals surface area contributed by atoms with Gasteiger partial charge in [0.1, 0.15) is 6.61 Å². The fourth-order valence-corrected chi connectivity index (χ4v) is 4.73. The minimum absolute atomic E-state index is 0.00324. The van der Waals surface area contributed by atoms with E-state index in [2.05, 4.69) is 12.3 Å². The van der Waals surface area contributed by atoms with Crippen molar-refractivity contribution in [1.29, 1.82) is 0 Å². The van der Waals surface area contributed by atoms with E-state index in [4.69, 9.17) is 16.3 Å². The molecule has 2 unspecified atom stereocenters. The number of benzene rings is 1. The van der Waals surface area contributed by atoms with E-state index in [1.165, 1.54) is 0 Å². The van der Waals surface area contributed by atoms with Crippen molar-refractivity contribution in [3.63, 3.8) is 0 Å². The van der Waals surface area contributed by atoms with Gasteiger partial charge in [-0.3, -0.25) is 4.79 Å². The van der Waals surface area contributed by atoms with E-state index in [0.717, 1.165) is 11.1 Å². The quantitative estimate of drug-likeness (QED) is 0.512. The topological polar surface area (TPSA) is 56.2 Å². The van der Waals surface area contributed by atoms with Gasteiger partial charge in [-0.1, -0.05) is 18.2 Å². The third-order valence-electron chi connectivity index (χ3n) is 5.91. The Balaban J connectivity index is 2.18. The standard InChI is InChI=1S/C23H29ClFN3O3/c1-5-15(6-8-26(2)3)16-12-18(24)22(25)23-21(16)17-13-27(20(30)14-29)9-7-19(17)28(23)10-11-31-4/h6,8,12,17,19,29H,1,7,9-11,13-14H2,2-4H3/b8-6-. The predicted molar refractivity (Wildman–Crippen MR) is 121 cm³/mol. The van der Waals surface area contributed by atoms with Crippen LogP contribution in [0.25, 0.3) is 5.57 Å².